The van der Waals surface area contributed by atoms with Crippen LogP contribution in [0.2, 0.25) is 0 Å². The maximum absolute atomic E-state index is 10.9. The molecule has 0 aromatic carbocycles. The molecule has 1 aliphatic carbocycles. The molecule has 0 aliphatic heterocycles. The summed E-state index contributed by atoms with van der Waals surface area (Å²) in [6, 6.07) is 0. The van der Waals surface area contributed by atoms with Crippen molar-refractivity contribution in [2.75, 3.05) is 0 Å². The van der Waals surface area contributed by atoms with E-state index in [1.165, 1.54) is 0 Å². The molecule has 0 unspecified atom stereocenters. The largest absolute Gasteiger partial charge is 0.295 e. The van der Waals surface area contributed by atoms with E-state index in [2.05, 4.69) is 5.10 Å². The molecule has 0 fully saturated rings. The number of aryl methyl sites for hydroxylation is 1. The number of hydrogen-bond acceptors (Lipinski definition) is 2. The average molecular weight is 162 g/mol. The number of carbonyl (C=O) groups excluding carboxylic acids is 1. The zero-order valence-electron chi connectivity index (χ0n) is 6.95. The van der Waals surface area contributed by atoms with Gasteiger partial charge in [-0.15, -0.1) is 0 Å². The Morgan fingerprint density at radius 2 is 2.33 bits per heavy atom. The van der Waals surface area contributed by atoms with Crippen LogP contribution >= 0.6 is 0 Å². The van der Waals surface area contributed by atoms with Gasteiger partial charge in [0.2, 0.25) is 0 Å². The minimum Gasteiger partial charge on any atom is -0.295 e. The average Bonchev–Trinajstić information content (AvgIpc) is 2.58. The molecule has 3 nitrogen and oxygen atoms in total. The van der Waals surface area contributed by atoms with Gasteiger partial charge >= 0.3 is 0 Å². The zero-order valence-corrected chi connectivity index (χ0v) is 6.95. The predicted octanol–water partition coefficient (Wildman–Crippen LogP) is 1.17. The molecule has 12 heavy (non-hydrogen) atoms. The molecule has 62 valence electrons. The molecule has 0 atom stereocenters. The summed E-state index contributed by atoms with van der Waals surface area (Å²) in [4.78, 5) is 10.9. The number of aromatic nitrogens is 2. The third-order valence-electron chi connectivity index (χ3n) is 2.05. The first kappa shape index (κ1) is 7.28. The van der Waals surface area contributed by atoms with Crippen molar-refractivity contribution >= 4 is 11.4 Å². The predicted molar refractivity (Wildman–Crippen MR) is 45.4 cm³/mol. The van der Waals surface area contributed by atoms with Crippen LogP contribution in [0.25, 0.3) is 5.57 Å². The van der Waals surface area contributed by atoms with Crippen molar-refractivity contribution in [2.45, 2.75) is 12.8 Å². The van der Waals surface area contributed by atoms with E-state index in [4.69, 9.17) is 0 Å². The Morgan fingerprint density at radius 3 is 2.83 bits per heavy atom. The quantitative estimate of drug-likeness (QED) is 0.621. The van der Waals surface area contributed by atoms with Crippen molar-refractivity contribution in [3.8, 4) is 0 Å². The Bertz CT molecular complexity index is 349. The molecule has 0 radical (unpaired) electrons. The maximum atomic E-state index is 10.9. The van der Waals surface area contributed by atoms with Crippen molar-refractivity contribution in [1.82, 2.24) is 9.78 Å². The Morgan fingerprint density at radius 1 is 1.50 bits per heavy atom. The molecule has 2 rings (SSSR count). The van der Waals surface area contributed by atoms with Gasteiger partial charge in [-0.1, -0.05) is 0 Å². The highest BCUT2D eigenvalue weighted by Crippen LogP contribution is 2.24. The van der Waals surface area contributed by atoms with E-state index in [9.17, 15) is 4.79 Å². The molecule has 0 bridgehead atoms. The van der Waals surface area contributed by atoms with Crippen molar-refractivity contribution in [3.63, 3.8) is 0 Å². The highest BCUT2D eigenvalue weighted by Gasteiger charge is 2.13. The Kier molecular flexibility index (Phi) is 1.57. The van der Waals surface area contributed by atoms with Gasteiger partial charge < -0.3 is 0 Å². The van der Waals surface area contributed by atoms with Gasteiger partial charge in [-0.3, -0.25) is 9.48 Å². The zero-order chi connectivity index (χ0) is 8.55. The van der Waals surface area contributed by atoms with Crippen LogP contribution in [0.5, 0.6) is 0 Å². The molecule has 0 spiro atoms. The molecule has 1 aromatic rings. The van der Waals surface area contributed by atoms with Crippen LogP contribution in [0.4, 0.5) is 0 Å². The first-order valence-corrected chi connectivity index (χ1v) is 3.98. The standard InChI is InChI=1S/C9H10N2O/c1-11-6-8(5-10-11)7-2-3-9(12)4-7/h4-6H,2-3H2,1H3. The van der Waals surface area contributed by atoms with Crippen LogP contribution in [0.1, 0.15) is 18.4 Å². The van der Waals surface area contributed by atoms with Gasteiger partial charge in [0.25, 0.3) is 0 Å². The second-order valence-electron chi connectivity index (χ2n) is 3.04. The summed E-state index contributed by atoms with van der Waals surface area (Å²) in [5, 5.41) is 4.05. The normalized spacial score (nSPS) is 16.8. The lowest BCUT2D eigenvalue weighted by molar-refractivity contribution is -0.114. The van der Waals surface area contributed by atoms with Gasteiger partial charge in [0.05, 0.1) is 6.20 Å². The SMILES string of the molecule is Cn1cc(C2=CC(=O)CC2)cn1. The van der Waals surface area contributed by atoms with Crippen molar-refractivity contribution in [3.05, 3.63) is 24.0 Å². The van der Waals surface area contributed by atoms with Crippen LogP contribution < -0.4 is 0 Å². The van der Waals surface area contributed by atoms with E-state index in [-0.39, 0.29) is 5.78 Å². The van der Waals surface area contributed by atoms with E-state index >= 15 is 0 Å². The molecule has 1 aliphatic rings. The highest BCUT2D eigenvalue weighted by molar-refractivity contribution is 6.01. The van der Waals surface area contributed by atoms with Crippen LogP contribution in [-0.2, 0) is 11.8 Å². The van der Waals surface area contributed by atoms with Crippen LogP contribution in [0, 0.1) is 0 Å². The van der Waals surface area contributed by atoms with E-state index in [0.29, 0.717) is 6.42 Å². The fourth-order valence-electron chi connectivity index (χ4n) is 1.41. The minimum atomic E-state index is 0.230. The van der Waals surface area contributed by atoms with E-state index < -0.39 is 0 Å². The van der Waals surface area contributed by atoms with E-state index in [1.54, 1.807) is 17.0 Å². The molecule has 1 aromatic heterocycles. The van der Waals surface area contributed by atoms with Gasteiger partial charge in [0.1, 0.15) is 0 Å². The molecular formula is C9H10N2O. The number of rotatable bonds is 1. The molecule has 0 saturated carbocycles. The summed E-state index contributed by atoms with van der Waals surface area (Å²) >= 11 is 0. The van der Waals surface area contributed by atoms with Gasteiger partial charge in [-0.2, -0.15) is 5.10 Å². The molecule has 0 amide bonds. The van der Waals surface area contributed by atoms with Gasteiger partial charge in [0.15, 0.2) is 5.78 Å². The molecule has 1 heterocycles. The number of ketones is 1. The summed E-state index contributed by atoms with van der Waals surface area (Å²) in [7, 11) is 1.88. The lowest BCUT2D eigenvalue weighted by Crippen LogP contribution is -1.84. The summed E-state index contributed by atoms with van der Waals surface area (Å²) < 4.78 is 1.75. The Hall–Kier alpha value is -1.38. The molecule has 0 saturated heterocycles. The smallest absolute Gasteiger partial charge is 0.156 e. The molecular weight excluding hydrogens is 152 g/mol. The second-order valence-corrected chi connectivity index (χ2v) is 3.04. The van der Waals surface area contributed by atoms with Crippen molar-refractivity contribution in [1.29, 1.82) is 0 Å². The second kappa shape index (κ2) is 2.59. The third-order valence-corrected chi connectivity index (χ3v) is 2.05. The lowest BCUT2D eigenvalue weighted by atomic mass is 10.1. The van der Waals surface area contributed by atoms with Crippen LogP contribution in [-0.4, -0.2) is 15.6 Å². The Labute approximate surface area is 70.7 Å². The molecule has 0 N–H and O–H groups in total. The van der Waals surface area contributed by atoms with Crippen LogP contribution in [0.15, 0.2) is 18.5 Å². The molecule has 3 heteroatoms. The van der Waals surface area contributed by atoms with E-state index in [0.717, 1.165) is 17.6 Å². The fourth-order valence-corrected chi connectivity index (χ4v) is 1.41. The summed E-state index contributed by atoms with van der Waals surface area (Å²) in [6.45, 7) is 0. The number of nitrogens with zero attached hydrogens (tertiary/aromatic N) is 2. The van der Waals surface area contributed by atoms with Crippen molar-refractivity contribution < 1.29 is 4.79 Å². The minimum absolute atomic E-state index is 0.230. The lowest BCUT2D eigenvalue weighted by Gasteiger charge is -1.92. The number of allylic oxidation sites excluding steroid dienone is 2. The van der Waals surface area contributed by atoms with Crippen molar-refractivity contribution in [2.24, 2.45) is 7.05 Å². The first-order chi connectivity index (χ1) is 5.75. The summed E-state index contributed by atoms with van der Waals surface area (Å²) in [5.41, 5.74) is 2.19. The fraction of sp³-hybridized carbons (Fsp3) is 0.333. The van der Waals surface area contributed by atoms with E-state index in [1.807, 2.05) is 13.2 Å². The number of carbonyl (C=O) groups is 1. The van der Waals surface area contributed by atoms with Gasteiger partial charge in [-0.05, 0) is 18.1 Å². The summed E-state index contributed by atoms with van der Waals surface area (Å²) in [6.07, 6.45) is 6.97. The Balaban J connectivity index is 2.32. The maximum Gasteiger partial charge on any atom is 0.156 e. The summed E-state index contributed by atoms with van der Waals surface area (Å²) in [5.74, 6) is 0.230. The first-order valence-electron chi connectivity index (χ1n) is 3.98. The highest BCUT2D eigenvalue weighted by atomic mass is 16.1. The van der Waals surface area contributed by atoms with Crippen LogP contribution in [0.3, 0.4) is 0 Å². The van der Waals surface area contributed by atoms with Gasteiger partial charge in [-0.25, -0.2) is 0 Å². The third kappa shape index (κ3) is 1.18. The topological polar surface area (TPSA) is 34.9 Å². The number of hydrogen-bond donors (Lipinski definition) is 0. The van der Waals surface area contributed by atoms with Gasteiger partial charge in [0, 0.05) is 25.2 Å². The monoisotopic (exact) mass is 162 g/mol.